The number of carbonyl (C=O) groups is 2. The Morgan fingerprint density at radius 3 is 2.64 bits per heavy atom. The Labute approximate surface area is 212 Å². The zero-order valence-corrected chi connectivity index (χ0v) is 21.4. The zero-order valence-electron chi connectivity index (χ0n) is 19.7. The Morgan fingerprint density at radius 1 is 1.19 bits per heavy atom. The second-order valence-corrected chi connectivity index (χ2v) is 11.9. The van der Waals surface area contributed by atoms with E-state index in [0.29, 0.717) is 28.8 Å². The Hall–Kier alpha value is -3.57. The molecule has 1 fully saturated rings. The molecular formula is C25H24N4O5S2. The van der Waals surface area contributed by atoms with Gasteiger partial charge >= 0.3 is 5.97 Å². The molecule has 1 aliphatic rings. The largest absolute Gasteiger partial charge is 0.452 e. The number of pyridine rings is 1. The molecule has 1 aromatic carbocycles. The third-order valence-electron chi connectivity index (χ3n) is 6.28. The molecule has 0 unspecified atom stereocenters. The summed E-state index contributed by atoms with van der Waals surface area (Å²) in [6, 6.07) is 14.6. The molecule has 1 saturated heterocycles. The van der Waals surface area contributed by atoms with E-state index in [4.69, 9.17) is 9.72 Å². The summed E-state index contributed by atoms with van der Waals surface area (Å²) in [4.78, 5) is 33.0. The van der Waals surface area contributed by atoms with Crippen molar-refractivity contribution in [3.8, 4) is 16.3 Å². The smallest absolute Gasteiger partial charge is 0.339 e. The van der Waals surface area contributed by atoms with Crippen LogP contribution in [-0.4, -0.2) is 71.2 Å². The van der Waals surface area contributed by atoms with Crippen LogP contribution in [0, 0.1) is 6.92 Å². The average Bonchev–Trinajstić information content (AvgIpc) is 3.61. The normalized spacial score (nSPS) is 16.8. The van der Waals surface area contributed by atoms with E-state index in [2.05, 4.69) is 5.10 Å². The van der Waals surface area contributed by atoms with Gasteiger partial charge in [-0.15, -0.1) is 11.3 Å². The molecule has 0 spiro atoms. The fourth-order valence-electron chi connectivity index (χ4n) is 4.34. The predicted octanol–water partition coefficient (Wildman–Crippen LogP) is 3.26. The molecule has 36 heavy (non-hydrogen) atoms. The van der Waals surface area contributed by atoms with E-state index in [9.17, 15) is 18.0 Å². The van der Waals surface area contributed by atoms with Crippen molar-refractivity contribution in [2.24, 2.45) is 0 Å². The number of nitrogens with zero attached hydrogens (tertiary/aromatic N) is 4. The first-order chi connectivity index (χ1) is 17.2. The number of fused-ring (bicyclic) bond motifs is 1. The molecular weight excluding hydrogens is 500 g/mol. The SMILES string of the molecule is Cc1nn(-c2ccccc2)c2nc(-c3cccs3)cc(C(=O)OCC(=O)N(C)[C@H]3CCS(=O)(=O)C3)c12. The summed E-state index contributed by atoms with van der Waals surface area (Å²) in [5.74, 6) is -1.14. The topological polar surface area (TPSA) is 111 Å². The molecule has 4 aromatic rings. The average molecular weight is 525 g/mol. The number of aryl methyl sites for hydroxylation is 1. The minimum Gasteiger partial charge on any atom is -0.452 e. The number of hydrogen-bond acceptors (Lipinski definition) is 8. The van der Waals surface area contributed by atoms with E-state index < -0.39 is 34.4 Å². The third-order valence-corrected chi connectivity index (χ3v) is 8.93. The van der Waals surface area contributed by atoms with Gasteiger partial charge in [0.05, 0.1) is 44.4 Å². The van der Waals surface area contributed by atoms with Crippen molar-refractivity contribution in [3.05, 3.63) is 65.2 Å². The lowest BCUT2D eigenvalue weighted by molar-refractivity contribution is -0.134. The monoisotopic (exact) mass is 524 g/mol. The third kappa shape index (κ3) is 4.63. The molecule has 1 aliphatic heterocycles. The highest BCUT2D eigenvalue weighted by Gasteiger charge is 2.33. The standard InChI is InChI=1S/C25H24N4O5S2/c1-16-23-19(25(31)34-14-22(30)28(2)18-10-12-36(32,33)15-18)13-20(21-9-6-11-35-21)26-24(23)29(27-16)17-7-4-3-5-8-17/h3-9,11,13,18H,10,12,14-15H2,1-2H3/t18-/m0/s1. The number of esters is 1. The number of amides is 1. The molecule has 0 N–H and O–H groups in total. The molecule has 0 bridgehead atoms. The van der Waals surface area contributed by atoms with Gasteiger partial charge < -0.3 is 9.64 Å². The molecule has 186 valence electrons. The highest BCUT2D eigenvalue weighted by Crippen LogP contribution is 2.31. The molecule has 1 atom stereocenters. The summed E-state index contributed by atoms with van der Waals surface area (Å²) in [6.45, 7) is 1.31. The summed E-state index contributed by atoms with van der Waals surface area (Å²) in [6.07, 6.45) is 0.380. The van der Waals surface area contributed by atoms with Crippen molar-refractivity contribution in [1.29, 1.82) is 0 Å². The number of sulfone groups is 1. The summed E-state index contributed by atoms with van der Waals surface area (Å²) >= 11 is 1.50. The van der Waals surface area contributed by atoms with Gasteiger partial charge in [0.2, 0.25) is 0 Å². The van der Waals surface area contributed by atoms with Gasteiger partial charge in [0, 0.05) is 13.1 Å². The van der Waals surface area contributed by atoms with Crippen LogP contribution >= 0.6 is 11.3 Å². The number of ether oxygens (including phenoxy) is 1. The van der Waals surface area contributed by atoms with Crippen LogP contribution in [0.15, 0.2) is 53.9 Å². The van der Waals surface area contributed by atoms with Crippen LogP contribution < -0.4 is 0 Å². The van der Waals surface area contributed by atoms with E-state index in [1.165, 1.54) is 23.3 Å². The minimum atomic E-state index is -3.14. The molecule has 11 heteroatoms. The Balaban J connectivity index is 1.47. The first-order valence-corrected chi connectivity index (χ1v) is 14.1. The highest BCUT2D eigenvalue weighted by atomic mass is 32.2. The van der Waals surface area contributed by atoms with Crippen LogP contribution in [0.1, 0.15) is 22.5 Å². The van der Waals surface area contributed by atoms with Gasteiger partial charge in [0.1, 0.15) is 0 Å². The van der Waals surface area contributed by atoms with E-state index in [0.717, 1.165) is 10.6 Å². The maximum atomic E-state index is 13.3. The first kappa shape index (κ1) is 24.1. The van der Waals surface area contributed by atoms with E-state index in [1.54, 1.807) is 17.7 Å². The lowest BCUT2D eigenvalue weighted by atomic mass is 10.1. The van der Waals surface area contributed by atoms with E-state index >= 15 is 0 Å². The number of benzene rings is 1. The predicted molar refractivity (Wildman–Crippen MR) is 137 cm³/mol. The number of likely N-dealkylation sites (N-methyl/N-ethyl adjacent to an activating group) is 1. The number of aromatic nitrogens is 3. The van der Waals surface area contributed by atoms with Gasteiger partial charge in [0.15, 0.2) is 22.1 Å². The number of thiophene rings is 1. The fourth-order valence-corrected chi connectivity index (χ4v) is 6.80. The number of rotatable bonds is 6. The van der Waals surface area contributed by atoms with Crippen molar-refractivity contribution in [3.63, 3.8) is 0 Å². The van der Waals surface area contributed by atoms with Gasteiger partial charge in [-0.3, -0.25) is 4.79 Å². The number of hydrogen-bond donors (Lipinski definition) is 0. The maximum Gasteiger partial charge on any atom is 0.339 e. The Kier molecular flexibility index (Phi) is 6.35. The fraction of sp³-hybridized carbons (Fsp3) is 0.280. The zero-order chi connectivity index (χ0) is 25.4. The summed E-state index contributed by atoms with van der Waals surface area (Å²) in [5.41, 5.74) is 2.78. The van der Waals surface area contributed by atoms with Crippen LogP contribution in [0.25, 0.3) is 27.3 Å². The van der Waals surface area contributed by atoms with Crippen molar-refractivity contribution in [1.82, 2.24) is 19.7 Å². The molecule has 3 aromatic heterocycles. The Bertz CT molecular complexity index is 1550. The molecule has 9 nitrogen and oxygen atoms in total. The molecule has 1 amide bonds. The highest BCUT2D eigenvalue weighted by molar-refractivity contribution is 7.91. The Morgan fingerprint density at radius 2 is 1.97 bits per heavy atom. The second-order valence-electron chi connectivity index (χ2n) is 8.70. The summed E-state index contributed by atoms with van der Waals surface area (Å²) in [7, 11) is -1.60. The van der Waals surface area contributed by atoms with Crippen LogP contribution in [0.2, 0.25) is 0 Å². The lowest BCUT2D eigenvalue weighted by Crippen LogP contribution is -2.40. The van der Waals surface area contributed by atoms with Crippen LogP contribution in [-0.2, 0) is 19.4 Å². The number of para-hydroxylation sites is 1. The molecule has 0 saturated carbocycles. The summed E-state index contributed by atoms with van der Waals surface area (Å²) in [5, 5.41) is 7.11. The maximum absolute atomic E-state index is 13.3. The quantitative estimate of drug-likeness (QED) is 0.356. The van der Waals surface area contributed by atoms with Crippen LogP contribution in [0.4, 0.5) is 0 Å². The second kappa shape index (κ2) is 9.47. The van der Waals surface area contributed by atoms with Gasteiger partial charge in [0.25, 0.3) is 5.91 Å². The van der Waals surface area contributed by atoms with Crippen molar-refractivity contribution in [2.75, 3.05) is 25.2 Å². The summed E-state index contributed by atoms with van der Waals surface area (Å²) < 4.78 is 30.7. The lowest BCUT2D eigenvalue weighted by Gasteiger charge is -2.23. The first-order valence-electron chi connectivity index (χ1n) is 11.4. The molecule has 4 heterocycles. The van der Waals surface area contributed by atoms with Gasteiger partial charge in [-0.25, -0.2) is 22.9 Å². The number of carbonyl (C=O) groups excluding carboxylic acids is 2. The van der Waals surface area contributed by atoms with Crippen molar-refractivity contribution >= 4 is 44.1 Å². The van der Waals surface area contributed by atoms with Gasteiger partial charge in [-0.1, -0.05) is 24.3 Å². The van der Waals surface area contributed by atoms with E-state index in [1.807, 2.05) is 47.8 Å². The van der Waals surface area contributed by atoms with Crippen molar-refractivity contribution in [2.45, 2.75) is 19.4 Å². The molecule has 0 radical (unpaired) electrons. The minimum absolute atomic E-state index is 0.0558. The molecule has 5 rings (SSSR count). The van der Waals surface area contributed by atoms with Gasteiger partial charge in [-0.2, -0.15) is 5.10 Å². The van der Waals surface area contributed by atoms with E-state index in [-0.39, 0.29) is 17.1 Å². The van der Waals surface area contributed by atoms with Crippen LogP contribution in [0.5, 0.6) is 0 Å². The van der Waals surface area contributed by atoms with Crippen LogP contribution in [0.3, 0.4) is 0 Å². The van der Waals surface area contributed by atoms with Gasteiger partial charge in [-0.05, 0) is 43.0 Å². The molecule has 0 aliphatic carbocycles. The van der Waals surface area contributed by atoms with Crippen molar-refractivity contribution < 1.29 is 22.7 Å².